The van der Waals surface area contributed by atoms with Crippen LogP contribution in [0.1, 0.15) is 47.6 Å². The molecule has 30 heavy (non-hydrogen) atoms. The third kappa shape index (κ3) is 2.96. The molecule has 6 rings (SSSR count). The molecule has 1 saturated heterocycles. The number of likely N-dealkylation sites (tertiary alicyclic amines) is 1. The van der Waals surface area contributed by atoms with Crippen molar-refractivity contribution >= 4 is 17.6 Å². The highest BCUT2D eigenvalue weighted by Gasteiger charge is 2.51. The van der Waals surface area contributed by atoms with Crippen LogP contribution in [0.5, 0.6) is 5.75 Å². The standard InChI is InChI=1S/C25H26ClNO3/c26-21-3-1-2-15-5-7-22(23(15)21)30-20-6-4-16-11-25(12-18(16)10-20)13-27(14-25)19-8-17(9-19)24(28)29/h1-4,6,10,17,19,22H,5,7-9,11-14H2,(H,28,29). The molecule has 1 spiro atoms. The molecule has 3 aliphatic carbocycles. The minimum absolute atomic E-state index is 0.0436. The van der Waals surface area contributed by atoms with E-state index in [9.17, 15) is 4.79 Å². The first kappa shape index (κ1) is 18.7. The molecule has 1 aliphatic heterocycles. The van der Waals surface area contributed by atoms with Gasteiger partial charge in [0.2, 0.25) is 0 Å². The molecule has 0 radical (unpaired) electrons. The van der Waals surface area contributed by atoms with Gasteiger partial charge in [0.15, 0.2) is 0 Å². The van der Waals surface area contributed by atoms with E-state index in [0.29, 0.717) is 11.5 Å². The number of fused-ring (bicyclic) bond motifs is 2. The van der Waals surface area contributed by atoms with E-state index in [1.807, 2.05) is 12.1 Å². The number of aryl methyl sites for hydroxylation is 1. The zero-order valence-electron chi connectivity index (χ0n) is 16.9. The van der Waals surface area contributed by atoms with E-state index in [-0.39, 0.29) is 12.0 Å². The number of aliphatic carboxylic acids is 1. The summed E-state index contributed by atoms with van der Waals surface area (Å²) in [6.45, 7) is 2.20. The maximum Gasteiger partial charge on any atom is 0.306 e. The Labute approximate surface area is 181 Å². The van der Waals surface area contributed by atoms with E-state index >= 15 is 0 Å². The van der Waals surface area contributed by atoms with Gasteiger partial charge < -0.3 is 9.84 Å². The predicted molar refractivity (Wildman–Crippen MR) is 115 cm³/mol. The van der Waals surface area contributed by atoms with Crippen molar-refractivity contribution in [3.63, 3.8) is 0 Å². The highest BCUT2D eigenvalue weighted by molar-refractivity contribution is 6.31. The summed E-state index contributed by atoms with van der Waals surface area (Å²) in [6, 6.07) is 13.2. The van der Waals surface area contributed by atoms with Crippen LogP contribution in [-0.2, 0) is 24.1 Å². The molecular weight excluding hydrogens is 398 g/mol. The predicted octanol–water partition coefficient (Wildman–Crippen LogP) is 4.67. The summed E-state index contributed by atoms with van der Waals surface area (Å²) in [4.78, 5) is 13.6. The topological polar surface area (TPSA) is 49.8 Å². The third-order valence-electron chi connectivity index (χ3n) is 7.78. The lowest BCUT2D eigenvalue weighted by Gasteiger charge is -2.55. The van der Waals surface area contributed by atoms with Gasteiger partial charge in [-0.2, -0.15) is 0 Å². The molecule has 2 aromatic carbocycles. The first-order chi connectivity index (χ1) is 14.5. The first-order valence-corrected chi connectivity index (χ1v) is 11.4. The molecule has 4 aliphatic rings. The van der Waals surface area contributed by atoms with Gasteiger partial charge in [-0.25, -0.2) is 0 Å². The van der Waals surface area contributed by atoms with Gasteiger partial charge >= 0.3 is 5.97 Å². The van der Waals surface area contributed by atoms with Gasteiger partial charge in [-0.15, -0.1) is 0 Å². The van der Waals surface area contributed by atoms with Crippen LogP contribution in [-0.4, -0.2) is 35.1 Å². The van der Waals surface area contributed by atoms with E-state index in [1.54, 1.807) is 0 Å². The smallest absolute Gasteiger partial charge is 0.306 e. The van der Waals surface area contributed by atoms with Gasteiger partial charge in [-0.1, -0.05) is 29.8 Å². The van der Waals surface area contributed by atoms with Gasteiger partial charge in [0.25, 0.3) is 0 Å². The van der Waals surface area contributed by atoms with Crippen molar-refractivity contribution in [2.75, 3.05) is 13.1 Å². The van der Waals surface area contributed by atoms with Crippen LogP contribution < -0.4 is 4.74 Å². The molecule has 2 aromatic rings. The summed E-state index contributed by atoms with van der Waals surface area (Å²) in [5, 5.41) is 9.92. The summed E-state index contributed by atoms with van der Waals surface area (Å²) in [7, 11) is 0. The molecule has 5 heteroatoms. The molecule has 1 heterocycles. The Kier molecular flexibility index (Phi) is 4.20. The highest BCUT2D eigenvalue weighted by atomic mass is 35.5. The molecular formula is C25H26ClNO3. The first-order valence-electron chi connectivity index (χ1n) is 11.0. The van der Waals surface area contributed by atoms with Crippen molar-refractivity contribution in [3.05, 3.63) is 63.7 Å². The SMILES string of the molecule is O=C(O)C1CC(N2CC3(Cc4ccc(OC5CCc6cccc(Cl)c65)cc4C3)C2)C1. The summed E-state index contributed by atoms with van der Waals surface area (Å²) in [5.74, 6) is 0.192. The van der Waals surface area contributed by atoms with Crippen molar-refractivity contribution in [1.29, 1.82) is 0 Å². The minimum atomic E-state index is -0.631. The number of carboxylic acid groups (broad SMARTS) is 1. The molecule has 2 fully saturated rings. The van der Waals surface area contributed by atoms with Gasteiger partial charge in [-0.3, -0.25) is 9.69 Å². The fourth-order valence-corrected chi connectivity index (χ4v) is 6.46. The molecule has 1 unspecified atom stereocenters. The van der Waals surface area contributed by atoms with Crippen LogP contribution in [0.15, 0.2) is 36.4 Å². The minimum Gasteiger partial charge on any atom is -0.486 e. The lowest BCUT2D eigenvalue weighted by atomic mass is 9.71. The van der Waals surface area contributed by atoms with Gasteiger partial charge in [-0.05, 0) is 73.4 Å². The van der Waals surface area contributed by atoms with Gasteiger partial charge in [0.05, 0.1) is 5.92 Å². The fourth-order valence-electron chi connectivity index (χ4n) is 6.14. The Balaban J connectivity index is 1.11. The van der Waals surface area contributed by atoms with Crippen LogP contribution >= 0.6 is 11.6 Å². The quantitative estimate of drug-likeness (QED) is 0.776. The number of hydrogen-bond acceptors (Lipinski definition) is 3. The van der Waals surface area contributed by atoms with Crippen LogP contribution in [0.25, 0.3) is 0 Å². The second-order valence-electron chi connectivity index (χ2n) is 9.81. The molecule has 0 bridgehead atoms. The molecule has 156 valence electrons. The molecule has 0 aromatic heterocycles. The third-order valence-corrected chi connectivity index (χ3v) is 8.11. The normalized spacial score (nSPS) is 28.5. The van der Waals surface area contributed by atoms with Crippen molar-refractivity contribution in [2.24, 2.45) is 11.3 Å². The lowest BCUT2D eigenvalue weighted by Crippen LogP contribution is -2.63. The van der Waals surface area contributed by atoms with Crippen molar-refractivity contribution in [3.8, 4) is 5.75 Å². The van der Waals surface area contributed by atoms with E-state index in [1.165, 1.54) is 16.7 Å². The zero-order chi connectivity index (χ0) is 20.5. The number of ether oxygens (including phenoxy) is 1. The van der Waals surface area contributed by atoms with Crippen molar-refractivity contribution < 1.29 is 14.6 Å². The summed E-state index contributed by atoms with van der Waals surface area (Å²) >= 11 is 6.45. The average Bonchev–Trinajstić information content (AvgIpc) is 3.22. The fraction of sp³-hybridized carbons (Fsp3) is 0.480. The van der Waals surface area contributed by atoms with E-state index in [0.717, 1.165) is 68.0 Å². The maximum atomic E-state index is 11.1. The number of nitrogens with zero attached hydrogens (tertiary/aromatic N) is 1. The van der Waals surface area contributed by atoms with Crippen molar-refractivity contribution in [2.45, 2.75) is 50.7 Å². The van der Waals surface area contributed by atoms with Gasteiger partial charge in [0.1, 0.15) is 11.9 Å². The molecule has 4 nitrogen and oxygen atoms in total. The highest BCUT2D eigenvalue weighted by Crippen LogP contribution is 2.48. The Morgan fingerprint density at radius 1 is 1.10 bits per heavy atom. The number of halogens is 1. The Bertz CT molecular complexity index is 1020. The van der Waals surface area contributed by atoms with E-state index in [2.05, 4.69) is 29.2 Å². The monoisotopic (exact) mass is 423 g/mol. The Morgan fingerprint density at radius 3 is 2.70 bits per heavy atom. The molecule has 1 N–H and O–H groups in total. The van der Waals surface area contributed by atoms with E-state index < -0.39 is 5.97 Å². The second kappa shape index (κ2) is 6.73. The maximum absolute atomic E-state index is 11.1. The summed E-state index contributed by atoms with van der Waals surface area (Å²) in [5.41, 5.74) is 5.68. The van der Waals surface area contributed by atoms with Crippen LogP contribution in [0.2, 0.25) is 5.02 Å². The lowest BCUT2D eigenvalue weighted by molar-refractivity contribution is -0.150. The Hall–Kier alpha value is -2.04. The average molecular weight is 424 g/mol. The molecule has 1 saturated carbocycles. The number of rotatable bonds is 4. The number of benzene rings is 2. The van der Waals surface area contributed by atoms with Crippen LogP contribution in [0.4, 0.5) is 0 Å². The number of carbonyl (C=O) groups is 1. The van der Waals surface area contributed by atoms with Gasteiger partial charge in [0, 0.05) is 35.1 Å². The largest absolute Gasteiger partial charge is 0.486 e. The number of carboxylic acids is 1. The van der Waals surface area contributed by atoms with Crippen LogP contribution in [0.3, 0.4) is 0 Å². The summed E-state index contributed by atoms with van der Waals surface area (Å²) in [6.07, 6.45) is 5.92. The van der Waals surface area contributed by atoms with E-state index in [4.69, 9.17) is 21.4 Å². The van der Waals surface area contributed by atoms with Crippen LogP contribution in [0, 0.1) is 11.3 Å². The number of hydrogen-bond donors (Lipinski definition) is 1. The zero-order valence-corrected chi connectivity index (χ0v) is 17.7. The molecule has 1 atom stereocenters. The summed E-state index contributed by atoms with van der Waals surface area (Å²) < 4.78 is 6.40. The Morgan fingerprint density at radius 2 is 1.90 bits per heavy atom. The second-order valence-corrected chi connectivity index (χ2v) is 10.2. The van der Waals surface area contributed by atoms with Crippen molar-refractivity contribution in [1.82, 2.24) is 4.90 Å². The molecule has 0 amide bonds.